The van der Waals surface area contributed by atoms with Crippen LogP contribution in [0.3, 0.4) is 0 Å². The summed E-state index contributed by atoms with van der Waals surface area (Å²) in [5.74, 6) is 1.25. The first-order chi connectivity index (χ1) is 10.0. The lowest BCUT2D eigenvalue weighted by Gasteiger charge is -2.30. The molecule has 5 heteroatoms. The molecule has 1 atom stereocenters. The molecule has 0 saturated carbocycles. The molecule has 1 aromatic rings. The molecule has 0 radical (unpaired) electrons. The van der Waals surface area contributed by atoms with Gasteiger partial charge in [0.25, 0.3) is 0 Å². The van der Waals surface area contributed by atoms with Crippen LogP contribution in [-0.2, 0) is 0 Å². The highest BCUT2D eigenvalue weighted by Gasteiger charge is 2.23. The Hall–Kier alpha value is -1.10. The summed E-state index contributed by atoms with van der Waals surface area (Å²) in [6.07, 6.45) is 3.27. The summed E-state index contributed by atoms with van der Waals surface area (Å²) in [6.45, 7) is 15.0. The third-order valence-corrected chi connectivity index (χ3v) is 3.69. The van der Waals surface area contributed by atoms with E-state index in [2.05, 4.69) is 62.0 Å². The second kappa shape index (κ2) is 9.03. The van der Waals surface area contributed by atoms with E-state index in [1.807, 2.05) is 0 Å². The predicted octanol–water partition coefficient (Wildman–Crippen LogP) is 3.78. The molecule has 0 fully saturated rings. The van der Waals surface area contributed by atoms with Crippen molar-refractivity contribution in [3.05, 3.63) is 5.89 Å². The Balaban J connectivity index is 2.85. The van der Waals surface area contributed by atoms with Crippen molar-refractivity contribution in [3.8, 4) is 0 Å². The summed E-state index contributed by atoms with van der Waals surface area (Å²) in [5.41, 5.74) is 0. The van der Waals surface area contributed by atoms with E-state index in [0.717, 1.165) is 32.4 Å². The largest absolute Gasteiger partial charge is 0.406 e. The molecule has 0 spiro atoms. The van der Waals surface area contributed by atoms with Crippen LogP contribution in [0, 0.1) is 5.92 Å². The lowest BCUT2D eigenvalue weighted by molar-refractivity contribution is 0.394. The Labute approximate surface area is 129 Å². The minimum absolute atomic E-state index is 0.105. The molecule has 0 aliphatic carbocycles. The fourth-order valence-corrected chi connectivity index (χ4v) is 2.47. The van der Waals surface area contributed by atoms with Gasteiger partial charge in [0.05, 0.1) is 6.04 Å². The first-order valence-electron chi connectivity index (χ1n) is 8.36. The van der Waals surface area contributed by atoms with Crippen LogP contribution in [0.15, 0.2) is 4.42 Å². The molecule has 0 amide bonds. The molecule has 0 aliphatic heterocycles. The number of anilines is 1. The first kappa shape index (κ1) is 18.0. The average Bonchev–Trinajstić information content (AvgIpc) is 2.94. The predicted molar refractivity (Wildman–Crippen MR) is 87.6 cm³/mol. The molecule has 1 heterocycles. The normalized spacial score (nSPS) is 13.1. The van der Waals surface area contributed by atoms with E-state index in [1.54, 1.807) is 0 Å². The fraction of sp³-hybridized carbons (Fsp3) is 0.875. The van der Waals surface area contributed by atoms with Crippen molar-refractivity contribution in [1.82, 2.24) is 15.5 Å². The number of hydrogen-bond acceptors (Lipinski definition) is 5. The highest BCUT2D eigenvalue weighted by atomic mass is 16.4. The Kier molecular flexibility index (Phi) is 7.72. The summed E-state index contributed by atoms with van der Waals surface area (Å²) in [5, 5.41) is 11.9. The van der Waals surface area contributed by atoms with Gasteiger partial charge in [0.2, 0.25) is 5.89 Å². The number of nitrogens with one attached hydrogen (secondary N) is 1. The van der Waals surface area contributed by atoms with Crippen molar-refractivity contribution in [2.24, 2.45) is 5.92 Å². The van der Waals surface area contributed by atoms with Crippen LogP contribution in [0.5, 0.6) is 0 Å². The zero-order chi connectivity index (χ0) is 15.8. The van der Waals surface area contributed by atoms with E-state index < -0.39 is 0 Å². The molecule has 122 valence electrons. The maximum atomic E-state index is 5.93. The third kappa shape index (κ3) is 5.30. The fourth-order valence-electron chi connectivity index (χ4n) is 2.47. The second-order valence-electron chi connectivity index (χ2n) is 6.12. The van der Waals surface area contributed by atoms with Gasteiger partial charge in [-0.05, 0) is 38.6 Å². The zero-order valence-corrected chi connectivity index (χ0v) is 14.5. The lowest BCUT2D eigenvalue weighted by Crippen LogP contribution is -2.37. The molecule has 1 unspecified atom stereocenters. The second-order valence-corrected chi connectivity index (χ2v) is 6.12. The Bertz CT molecular complexity index is 387. The van der Waals surface area contributed by atoms with Gasteiger partial charge in [0, 0.05) is 12.6 Å². The lowest BCUT2D eigenvalue weighted by atomic mass is 10.1. The zero-order valence-electron chi connectivity index (χ0n) is 14.5. The van der Waals surface area contributed by atoms with Gasteiger partial charge in [-0.1, -0.05) is 39.7 Å². The number of rotatable bonds is 10. The minimum atomic E-state index is 0.105. The van der Waals surface area contributed by atoms with E-state index in [9.17, 15) is 0 Å². The molecular weight excluding hydrogens is 264 g/mol. The topological polar surface area (TPSA) is 54.2 Å². The third-order valence-electron chi connectivity index (χ3n) is 3.69. The van der Waals surface area contributed by atoms with Gasteiger partial charge >= 0.3 is 6.01 Å². The van der Waals surface area contributed by atoms with Crippen molar-refractivity contribution >= 4 is 6.01 Å². The van der Waals surface area contributed by atoms with Gasteiger partial charge in [0.15, 0.2) is 0 Å². The van der Waals surface area contributed by atoms with Crippen LogP contribution in [0.2, 0.25) is 0 Å². The maximum absolute atomic E-state index is 5.93. The molecule has 1 aromatic heterocycles. The maximum Gasteiger partial charge on any atom is 0.318 e. The van der Waals surface area contributed by atoms with Crippen molar-refractivity contribution in [2.45, 2.75) is 72.9 Å². The van der Waals surface area contributed by atoms with Gasteiger partial charge in [0.1, 0.15) is 0 Å². The van der Waals surface area contributed by atoms with Crippen molar-refractivity contribution in [1.29, 1.82) is 0 Å². The van der Waals surface area contributed by atoms with Crippen LogP contribution >= 0.6 is 0 Å². The number of hydrogen-bond donors (Lipinski definition) is 1. The molecule has 0 aliphatic rings. The molecule has 21 heavy (non-hydrogen) atoms. The van der Waals surface area contributed by atoms with Crippen LogP contribution in [-0.4, -0.2) is 29.3 Å². The Morgan fingerprint density at radius 3 is 2.29 bits per heavy atom. The van der Waals surface area contributed by atoms with Crippen LogP contribution in [0.4, 0.5) is 6.01 Å². The van der Waals surface area contributed by atoms with E-state index in [1.165, 1.54) is 0 Å². The van der Waals surface area contributed by atoms with Gasteiger partial charge in [-0.15, -0.1) is 5.10 Å². The van der Waals surface area contributed by atoms with Crippen LogP contribution in [0.1, 0.15) is 72.7 Å². The quantitative estimate of drug-likeness (QED) is 0.712. The Morgan fingerprint density at radius 2 is 1.76 bits per heavy atom. The summed E-state index contributed by atoms with van der Waals surface area (Å²) in [4.78, 5) is 2.27. The van der Waals surface area contributed by atoms with Crippen molar-refractivity contribution < 1.29 is 4.42 Å². The summed E-state index contributed by atoms with van der Waals surface area (Å²) in [6, 6.07) is 1.23. The Morgan fingerprint density at radius 1 is 1.10 bits per heavy atom. The number of nitrogens with zero attached hydrogens (tertiary/aromatic N) is 3. The minimum Gasteiger partial charge on any atom is -0.406 e. The number of aromatic nitrogens is 2. The van der Waals surface area contributed by atoms with E-state index in [4.69, 9.17) is 4.42 Å². The van der Waals surface area contributed by atoms with Gasteiger partial charge < -0.3 is 14.6 Å². The molecule has 0 bridgehead atoms. The highest BCUT2D eigenvalue weighted by Crippen LogP contribution is 2.23. The standard InChI is InChI=1S/C16H32N4O/c1-7-10-17-13(6)15-18-19-16(21-15)20(11-12(4)5)14(8-2)9-3/h12-14,17H,7-11H2,1-6H3. The monoisotopic (exact) mass is 296 g/mol. The van der Waals surface area contributed by atoms with Crippen molar-refractivity contribution in [3.63, 3.8) is 0 Å². The molecule has 0 saturated heterocycles. The summed E-state index contributed by atoms with van der Waals surface area (Å²) < 4.78 is 5.93. The molecule has 0 aromatic carbocycles. The summed E-state index contributed by atoms with van der Waals surface area (Å²) >= 11 is 0. The SMILES string of the molecule is CCCNC(C)c1nnc(N(CC(C)C)C(CC)CC)o1. The van der Waals surface area contributed by atoms with E-state index in [0.29, 0.717) is 23.9 Å². The van der Waals surface area contributed by atoms with Crippen LogP contribution in [0.25, 0.3) is 0 Å². The van der Waals surface area contributed by atoms with Gasteiger partial charge in [-0.2, -0.15) is 0 Å². The van der Waals surface area contributed by atoms with Gasteiger partial charge in [-0.25, -0.2) is 0 Å². The molecular formula is C16H32N4O. The molecule has 1 rings (SSSR count). The first-order valence-corrected chi connectivity index (χ1v) is 8.36. The van der Waals surface area contributed by atoms with Crippen molar-refractivity contribution in [2.75, 3.05) is 18.0 Å². The van der Waals surface area contributed by atoms with Crippen LogP contribution < -0.4 is 10.2 Å². The molecule has 1 N–H and O–H groups in total. The summed E-state index contributed by atoms with van der Waals surface area (Å²) in [7, 11) is 0. The highest BCUT2D eigenvalue weighted by molar-refractivity contribution is 5.26. The van der Waals surface area contributed by atoms with E-state index >= 15 is 0 Å². The van der Waals surface area contributed by atoms with Gasteiger partial charge in [-0.3, -0.25) is 0 Å². The smallest absolute Gasteiger partial charge is 0.318 e. The van der Waals surface area contributed by atoms with E-state index in [-0.39, 0.29) is 6.04 Å². The average molecular weight is 296 g/mol. The molecule has 5 nitrogen and oxygen atoms in total.